The summed E-state index contributed by atoms with van der Waals surface area (Å²) in [7, 11) is 0. The number of urea groups is 1. The molecule has 2 aliphatic rings. The van der Waals surface area contributed by atoms with Crippen LogP contribution in [-0.2, 0) is 9.53 Å². The van der Waals surface area contributed by atoms with Crippen LogP contribution in [0.2, 0.25) is 0 Å². The first-order chi connectivity index (χ1) is 11.5. The van der Waals surface area contributed by atoms with E-state index in [9.17, 15) is 9.59 Å². The lowest BCUT2D eigenvalue weighted by atomic mass is 10.2. The number of nitrogens with one attached hydrogen (secondary N) is 2. The number of ether oxygens (including phenoxy) is 3. The summed E-state index contributed by atoms with van der Waals surface area (Å²) in [5.74, 6) is 0.844. The highest BCUT2D eigenvalue weighted by Gasteiger charge is 2.25. The van der Waals surface area contributed by atoms with Crippen molar-refractivity contribution in [1.82, 2.24) is 10.2 Å². The molecule has 1 saturated heterocycles. The third-order valence-corrected chi connectivity index (χ3v) is 3.97. The zero-order valence-corrected chi connectivity index (χ0v) is 13.7. The third kappa shape index (κ3) is 3.95. The molecule has 0 radical (unpaired) electrons. The molecule has 1 fully saturated rings. The first-order valence-corrected chi connectivity index (χ1v) is 7.87. The van der Waals surface area contributed by atoms with E-state index in [1.165, 1.54) is 0 Å². The van der Waals surface area contributed by atoms with Crippen LogP contribution >= 0.6 is 0 Å². The third-order valence-electron chi connectivity index (χ3n) is 3.97. The fourth-order valence-corrected chi connectivity index (χ4v) is 2.68. The molecule has 3 rings (SSSR count). The first kappa shape index (κ1) is 16.5. The van der Waals surface area contributed by atoms with E-state index >= 15 is 0 Å². The largest absolute Gasteiger partial charge is 0.454 e. The number of anilines is 1. The minimum Gasteiger partial charge on any atom is -0.454 e. The summed E-state index contributed by atoms with van der Waals surface area (Å²) >= 11 is 0. The molecule has 2 heterocycles. The van der Waals surface area contributed by atoms with E-state index in [-0.39, 0.29) is 31.4 Å². The molecule has 1 aromatic rings. The fraction of sp³-hybridized carbons (Fsp3) is 0.500. The molecule has 2 atom stereocenters. The van der Waals surface area contributed by atoms with Crippen LogP contribution in [0.4, 0.5) is 10.5 Å². The van der Waals surface area contributed by atoms with Crippen molar-refractivity contribution in [2.24, 2.45) is 0 Å². The minimum atomic E-state index is -0.576. The average molecular weight is 335 g/mol. The van der Waals surface area contributed by atoms with Crippen LogP contribution in [0, 0.1) is 0 Å². The van der Waals surface area contributed by atoms with Crippen LogP contribution in [0.3, 0.4) is 0 Å². The molecule has 0 saturated carbocycles. The van der Waals surface area contributed by atoms with Crippen molar-refractivity contribution in [3.05, 3.63) is 18.2 Å². The summed E-state index contributed by atoms with van der Waals surface area (Å²) in [6.07, 6.45) is 0.0801. The van der Waals surface area contributed by atoms with Gasteiger partial charge in [0, 0.05) is 24.3 Å². The van der Waals surface area contributed by atoms with Crippen molar-refractivity contribution in [3.63, 3.8) is 0 Å². The Kier molecular flexibility index (Phi) is 4.86. The van der Waals surface area contributed by atoms with Crippen LogP contribution in [0.1, 0.15) is 13.8 Å². The van der Waals surface area contributed by atoms with Crippen LogP contribution in [0.25, 0.3) is 0 Å². The monoisotopic (exact) mass is 335 g/mol. The molecule has 24 heavy (non-hydrogen) atoms. The molecule has 8 heteroatoms. The number of amides is 3. The van der Waals surface area contributed by atoms with Gasteiger partial charge >= 0.3 is 6.03 Å². The molecule has 0 spiro atoms. The van der Waals surface area contributed by atoms with Crippen molar-refractivity contribution in [2.45, 2.75) is 26.0 Å². The Labute approximate surface area is 140 Å². The van der Waals surface area contributed by atoms with Gasteiger partial charge in [-0.15, -0.1) is 0 Å². The number of carbonyl (C=O) groups excluding carboxylic acids is 2. The SMILES string of the molecule is CC1CN(CC(=O)NC(=O)Nc2ccc3c(c2)OCO3)C(C)CO1. The molecule has 2 N–H and O–H groups in total. The molecule has 0 bridgehead atoms. The van der Waals surface area contributed by atoms with Gasteiger partial charge in [0.1, 0.15) is 0 Å². The Morgan fingerprint density at radius 2 is 2.04 bits per heavy atom. The lowest BCUT2D eigenvalue weighted by molar-refractivity contribution is -0.124. The van der Waals surface area contributed by atoms with E-state index in [1.807, 2.05) is 18.7 Å². The Balaban J connectivity index is 1.50. The Morgan fingerprint density at radius 1 is 1.25 bits per heavy atom. The highest BCUT2D eigenvalue weighted by atomic mass is 16.7. The van der Waals surface area contributed by atoms with E-state index in [0.29, 0.717) is 30.3 Å². The number of carbonyl (C=O) groups is 2. The molecule has 0 aliphatic carbocycles. The van der Waals surface area contributed by atoms with Gasteiger partial charge in [-0.25, -0.2) is 4.79 Å². The number of rotatable bonds is 3. The molecule has 130 valence electrons. The van der Waals surface area contributed by atoms with Gasteiger partial charge in [-0.2, -0.15) is 0 Å². The maximum Gasteiger partial charge on any atom is 0.325 e. The average Bonchev–Trinajstić information content (AvgIpc) is 2.98. The van der Waals surface area contributed by atoms with Crippen molar-refractivity contribution in [2.75, 3.05) is 31.8 Å². The number of imide groups is 1. The summed E-state index contributed by atoms with van der Waals surface area (Å²) in [4.78, 5) is 26.0. The maximum atomic E-state index is 12.1. The van der Waals surface area contributed by atoms with Crippen molar-refractivity contribution >= 4 is 17.6 Å². The van der Waals surface area contributed by atoms with E-state index in [2.05, 4.69) is 10.6 Å². The highest BCUT2D eigenvalue weighted by molar-refractivity contribution is 6.01. The number of benzene rings is 1. The summed E-state index contributed by atoms with van der Waals surface area (Å²) < 4.78 is 16.0. The summed E-state index contributed by atoms with van der Waals surface area (Å²) in [6, 6.07) is 4.61. The number of fused-ring (bicyclic) bond motifs is 1. The molecule has 8 nitrogen and oxygen atoms in total. The fourth-order valence-electron chi connectivity index (χ4n) is 2.68. The Bertz CT molecular complexity index is 636. The van der Waals surface area contributed by atoms with Gasteiger partial charge in [-0.1, -0.05) is 0 Å². The summed E-state index contributed by atoms with van der Waals surface area (Å²) in [6.45, 7) is 5.52. The maximum absolute atomic E-state index is 12.1. The highest BCUT2D eigenvalue weighted by Crippen LogP contribution is 2.34. The predicted molar refractivity (Wildman–Crippen MR) is 86.2 cm³/mol. The zero-order valence-electron chi connectivity index (χ0n) is 13.7. The van der Waals surface area contributed by atoms with Crippen molar-refractivity contribution in [1.29, 1.82) is 0 Å². The molecule has 2 aliphatic heterocycles. The van der Waals surface area contributed by atoms with E-state index < -0.39 is 6.03 Å². The summed E-state index contributed by atoms with van der Waals surface area (Å²) in [5, 5.41) is 4.95. The quantitative estimate of drug-likeness (QED) is 0.862. The Morgan fingerprint density at radius 3 is 2.88 bits per heavy atom. The predicted octanol–water partition coefficient (Wildman–Crippen LogP) is 1.17. The molecule has 0 aromatic heterocycles. The van der Waals surface area contributed by atoms with Gasteiger partial charge in [0.25, 0.3) is 0 Å². The molecular weight excluding hydrogens is 314 g/mol. The van der Waals surface area contributed by atoms with Crippen LogP contribution < -0.4 is 20.1 Å². The van der Waals surface area contributed by atoms with Crippen LogP contribution in [0.5, 0.6) is 11.5 Å². The second-order valence-electron chi connectivity index (χ2n) is 5.99. The smallest absolute Gasteiger partial charge is 0.325 e. The second kappa shape index (κ2) is 7.06. The Hall–Kier alpha value is -2.32. The van der Waals surface area contributed by atoms with Gasteiger partial charge < -0.3 is 19.5 Å². The van der Waals surface area contributed by atoms with Crippen LogP contribution in [-0.4, -0.2) is 55.5 Å². The number of nitrogens with zero attached hydrogens (tertiary/aromatic N) is 1. The van der Waals surface area contributed by atoms with Crippen LogP contribution in [0.15, 0.2) is 18.2 Å². The number of hydrogen-bond donors (Lipinski definition) is 2. The minimum absolute atomic E-state index is 0.0801. The van der Waals surface area contributed by atoms with Crippen molar-refractivity contribution in [3.8, 4) is 11.5 Å². The lowest BCUT2D eigenvalue weighted by Crippen LogP contribution is -2.51. The first-order valence-electron chi connectivity index (χ1n) is 7.87. The molecular formula is C16H21N3O5. The van der Waals surface area contributed by atoms with Gasteiger partial charge in [0.2, 0.25) is 12.7 Å². The lowest BCUT2D eigenvalue weighted by Gasteiger charge is -2.36. The summed E-state index contributed by atoms with van der Waals surface area (Å²) in [5.41, 5.74) is 0.526. The topological polar surface area (TPSA) is 89.1 Å². The molecule has 3 amide bonds. The van der Waals surface area contributed by atoms with Gasteiger partial charge in [-0.05, 0) is 26.0 Å². The van der Waals surface area contributed by atoms with Crippen molar-refractivity contribution < 1.29 is 23.8 Å². The normalized spacial score (nSPS) is 22.9. The van der Waals surface area contributed by atoms with Gasteiger partial charge in [-0.3, -0.25) is 15.0 Å². The zero-order chi connectivity index (χ0) is 17.1. The molecule has 2 unspecified atom stereocenters. The standard InChI is InChI=1S/C16H21N3O5/c1-10-8-22-11(2)6-19(10)7-15(20)18-16(21)17-12-3-4-13-14(5-12)24-9-23-13/h3-5,10-11H,6-9H2,1-2H3,(H2,17,18,20,21). The van der Waals surface area contributed by atoms with Gasteiger partial charge in [0.05, 0.1) is 19.3 Å². The van der Waals surface area contributed by atoms with E-state index in [0.717, 1.165) is 0 Å². The number of hydrogen-bond acceptors (Lipinski definition) is 6. The van der Waals surface area contributed by atoms with E-state index in [1.54, 1.807) is 18.2 Å². The number of morpholine rings is 1. The van der Waals surface area contributed by atoms with E-state index in [4.69, 9.17) is 14.2 Å². The second-order valence-corrected chi connectivity index (χ2v) is 5.99. The van der Waals surface area contributed by atoms with Gasteiger partial charge in [0.15, 0.2) is 11.5 Å². The molecule has 1 aromatic carbocycles.